The molecule has 13 heavy (non-hydrogen) atoms. The maximum Gasteiger partial charge on any atom is 0.339 e. The van der Waals surface area contributed by atoms with Gasteiger partial charge in [0.15, 0.2) is 6.10 Å². The zero-order chi connectivity index (χ0) is 9.84. The molecule has 1 unspecified atom stereocenters. The van der Waals surface area contributed by atoms with Crippen molar-refractivity contribution in [1.82, 2.24) is 0 Å². The first-order valence-corrected chi connectivity index (χ1v) is 3.76. The second-order valence-electron chi connectivity index (χ2n) is 2.60. The summed E-state index contributed by atoms with van der Waals surface area (Å²) in [7, 11) is 1.22. The van der Waals surface area contributed by atoms with E-state index in [2.05, 4.69) is 4.74 Å². The van der Waals surface area contributed by atoms with E-state index in [9.17, 15) is 9.90 Å². The first kappa shape index (κ1) is 9.54. The van der Waals surface area contributed by atoms with Crippen LogP contribution in [0.4, 0.5) is 5.69 Å². The molecule has 1 aromatic carbocycles. The molecule has 0 aliphatic carbocycles. The fourth-order valence-electron chi connectivity index (χ4n) is 0.977. The quantitative estimate of drug-likeness (QED) is 0.514. The third kappa shape index (κ3) is 2.19. The Kier molecular flexibility index (Phi) is 2.87. The highest BCUT2D eigenvalue weighted by atomic mass is 16.5. The average Bonchev–Trinajstić information content (AvgIpc) is 2.15. The lowest BCUT2D eigenvalue weighted by Crippen LogP contribution is -2.13. The molecule has 0 radical (unpaired) electrons. The zero-order valence-corrected chi connectivity index (χ0v) is 7.23. The van der Waals surface area contributed by atoms with Crippen LogP contribution in [0.5, 0.6) is 0 Å². The third-order valence-electron chi connectivity index (χ3n) is 1.65. The van der Waals surface area contributed by atoms with Crippen LogP contribution in [0.15, 0.2) is 24.3 Å². The van der Waals surface area contributed by atoms with Gasteiger partial charge >= 0.3 is 5.97 Å². The number of rotatable bonds is 2. The number of hydrogen-bond acceptors (Lipinski definition) is 4. The molecule has 70 valence electrons. The van der Waals surface area contributed by atoms with E-state index < -0.39 is 12.1 Å². The SMILES string of the molecule is COC(=O)C(O)c1cccc(N)c1. The molecule has 0 amide bonds. The number of nitrogen functional groups attached to an aromatic ring is 1. The molecule has 0 aromatic heterocycles. The number of aliphatic hydroxyl groups excluding tert-OH is 1. The van der Waals surface area contributed by atoms with Crippen molar-refractivity contribution < 1.29 is 14.6 Å². The number of anilines is 1. The van der Waals surface area contributed by atoms with Crippen molar-refractivity contribution >= 4 is 11.7 Å². The number of nitrogens with two attached hydrogens (primary N) is 1. The minimum Gasteiger partial charge on any atom is -0.467 e. The maximum absolute atomic E-state index is 10.9. The second kappa shape index (κ2) is 3.91. The Labute approximate surface area is 75.9 Å². The van der Waals surface area contributed by atoms with Crippen LogP contribution in [0.25, 0.3) is 0 Å². The molecule has 0 aliphatic rings. The number of methoxy groups -OCH3 is 1. The Morgan fingerprint density at radius 2 is 2.31 bits per heavy atom. The Morgan fingerprint density at radius 1 is 1.62 bits per heavy atom. The molecule has 0 heterocycles. The van der Waals surface area contributed by atoms with Gasteiger partial charge in [0.2, 0.25) is 0 Å². The molecule has 4 nitrogen and oxygen atoms in total. The van der Waals surface area contributed by atoms with Gasteiger partial charge in [0, 0.05) is 5.69 Å². The van der Waals surface area contributed by atoms with Crippen LogP contribution in [0.3, 0.4) is 0 Å². The molecular formula is C9H11NO3. The van der Waals surface area contributed by atoms with Crippen molar-refractivity contribution in [3.63, 3.8) is 0 Å². The summed E-state index contributed by atoms with van der Waals surface area (Å²) in [4.78, 5) is 10.9. The average molecular weight is 181 g/mol. The largest absolute Gasteiger partial charge is 0.467 e. The predicted molar refractivity (Wildman–Crippen MR) is 47.8 cm³/mol. The highest BCUT2D eigenvalue weighted by Gasteiger charge is 2.17. The number of carbonyl (C=O) groups is 1. The van der Waals surface area contributed by atoms with Crippen molar-refractivity contribution in [2.75, 3.05) is 12.8 Å². The first-order valence-electron chi connectivity index (χ1n) is 3.76. The van der Waals surface area contributed by atoms with E-state index in [0.717, 1.165) is 0 Å². The Morgan fingerprint density at radius 3 is 2.85 bits per heavy atom. The van der Waals surface area contributed by atoms with Gasteiger partial charge in [0.05, 0.1) is 7.11 Å². The number of benzene rings is 1. The van der Waals surface area contributed by atoms with Gasteiger partial charge in [-0.2, -0.15) is 0 Å². The number of esters is 1. The molecule has 0 saturated carbocycles. The fourth-order valence-corrected chi connectivity index (χ4v) is 0.977. The monoisotopic (exact) mass is 181 g/mol. The van der Waals surface area contributed by atoms with Gasteiger partial charge < -0.3 is 15.6 Å². The molecule has 0 spiro atoms. The molecular weight excluding hydrogens is 170 g/mol. The second-order valence-corrected chi connectivity index (χ2v) is 2.60. The number of ether oxygens (including phenoxy) is 1. The van der Waals surface area contributed by atoms with Crippen LogP contribution in [-0.2, 0) is 9.53 Å². The van der Waals surface area contributed by atoms with E-state index in [-0.39, 0.29) is 0 Å². The van der Waals surface area contributed by atoms with Gasteiger partial charge in [0.25, 0.3) is 0 Å². The minimum absolute atomic E-state index is 0.437. The van der Waals surface area contributed by atoms with E-state index in [4.69, 9.17) is 5.73 Å². The lowest BCUT2D eigenvalue weighted by molar-refractivity contribution is -0.150. The maximum atomic E-state index is 10.9. The zero-order valence-electron chi connectivity index (χ0n) is 7.23. The van der Waals surface area contributed by atoms with Crippen molar-refractivity contribution in [1.29, 1.82) is 0 Å². The Balaban J connectivity index is 2.88. The molecule has 1 rings (SSSR count). The summed E-state index contributed by atoms with van der Waals surface area (Å²) in [6.07, 6.45) is -1.26. The highest BCUT2D eigenvalue weighted by Crippen LogP contribution is 2.16. The smallest absolute Gasteiger partial charge is 0.339 e. The Bertz CT molecular complexity index is 311. The molecule has 0 fully saturated rings. The summed E-state index contributed by atoms with van der Waals surface area (Å²) in [5, 5.41) is 9.38. The van der Waals surface area contributed by atoms with Crippen LogP contribution in [-0.4, -0.2) is 18.2 Å². The summed E-state index contributed by atoms with van der Waals surface area (Å²) >= 11 is 0. The van der Waals surface area contributed by atoms with E-state index in [1.807, 2.05) is 0 Å². The Hall–Kier alpha value is -1.55. The van der Waals surface area contributed by atoms with Gasteiger partial charge in [-0.15, -0.1) is 0 Å². The highest BCUT2D eigenvalue weighted by molar-refractivity contribution is 5.76. The predicted octanol–water partition coefficient (Wildman–Crippen LogP) is 0.475. The lowest BCUT2D eigenvalue weighted by atomic mass is 10.1. The van der Waals surface area contributed by atoms with Crippen molar-refractivity contribution in [2.24, 2.45) is 0 Å². The van der Waals surface area contributed by atoms with E-state index >= 15 is 0 Å². The molecule has 0 aliphatic heterocycles. The normalized spacial score (nSPS) is 12.2. The van der Waals surface area contributed by atoms with Crippen LogP contribution in [0.1, 0.15) is 11.7 Å². The summed E-state index contributed by atoms with van der Waals surface area (Å²) in [6.45, 7) is 0. The van der Waals surface area contributed by atoms with Crippen molar-refractivity contribution in [3.8, 4) is 0 Å². The van der Waals surface area contributed by atoms with E-state index in [1.54, 1.807) is 18.2 Å². The van der Waals surface area contributed by atoms with Gasteiger partial charge in [0.1, 0.15) is 0 Å². The first-order chi connectivity index (χ1) is 6.15. The van der Waals surface area contributed by atoms with Crippen LogP contribution >= 0.6 is 0 Å². The van der Waals surface area contributed by atoms with Crippen LogP contribution < -0.4 is 5.73 Å². The molecule has 1 atom stereocenters. The number of hydrogen-bond donors (Lipinski definition) is 2. The van der Waals surface area contributed by atoms with E-state index in [1.165, 1.54) is 13.2 Å². The van der Waals surface area contributed by atoms with Crippen molar-refractivity contribution in [2.45, 2.75) is 6.10 Å². The summed E-state index contributed by atoms with van der Waals surface area (Å²) in [5.41, 5.74) is 6.41. The molecule has 0 saturated heterocycles. The van der Waals surface area contributed by atoms with Gasteiger partial charge in [-0.05, 0) is 17.7 Å². The summed E-state index contributed by atoms with van der Waals surface area (Å²) < 4.78 is 4.38. The van der Waals surface area contributed by atoms with Gasteiger partial charge in [-0.3, -0.25) is 0 Å². The van der Waals surface area contributed by atoms with Crippen molar-refractivity contribution in [3.05, 3.63) is 29.8 Å². The minimum atomic E-state index is -1.26. The lowest BCUT2D eigenvalue weighted by Gasteiger charge is -2.08. The standard InChI is InChI=1S/C9H11NO3/c1-13-9(12)8(11)6-3-2-4-7(10)5-6/h2-5,8,11H,10H2,1H3. The third-order valence-corrected chi connectivity index (χ3v) is 1.65. The van der Waals surface area contributed by atoms with Crippen LogP contribution in [0.2, 0.25) is 0 Å². The molecule has 3 N–H and O–H groups in total. The number of aliphatic hydroxyl groups is 1. The van der Waals surface area contributed by atoms with Gasteiger partial charge in [-0.1, -0.05) is 12.1 Å². The van der Waals surface area contributed by atoms with E-state index in [0.29, 0.717) is 11.3 Å². The number of carbonyl (C=O) groups excluding carboxylic acids is 1. The summed E-state index contributed by atoms with van der Waals surface area (Å²) in [5.74, 6) is -0.689. The molecule has 4 heteroatoms. The fraction of sp³-hybridized carbons (Fsp3) is 0.222. The van der Waals surface area contributed by atoms with Gasteiger partial charge in [-0.25, -0.2) is 4.79 Å². The van der Waals surface area contributed by atoms with Crippen LogP contribution in [0, 0.1) is 0 Å². The summed E-state index contributed by atoms with van der Waals surface area (Å²) in [6, 6.07) is 6.48. The molecule has 1 aromatic rings. The molecule has 0 bridgehead atoms. The topological polar surface area (TPSA) is 72.5 Å².